The van der Waals surface area contributed by atoms with Crippen molar-refractivity contribution in [2.75, 3.05) is 6.54 Å². The van der Waals surface area contributed by atoms with E-state index in [1.54, 1.807) is 4.90 Å². The van der Waals surface area contributed by atoms with Crippen molar-refractivity contribution in [2.24, 2.45) is 0 Å². The van der Waals surface area contributed by atoms with Crippen LogP contribution in [0.2, 0.25) is 5.02 Å². The molecule has 0 aliphatic rings. The van der Waals surface area contributed by atoms with E-state index in [0.717, 1.165) is 21.7 Å². The number of nitrogens with zero attached hydrogens (tertiary/aromatic N) is 1. The maximum absolute atomic E-state index is 12.6. The molecule has 2 aromatic rings. The van der Waals surface area contributed by atoms with Crippen LogP contribution in [0, 0.1) is 6.92 Å². The van der Waals surface area contributed by atoms with Gasteiger partial charge in [-0.05, 0) is 63.3 Å². The van der Waals surface area contributed by atoms with Gasteiger partial charge in [0.1, 0.15) is 5.60 Å². The van der Waals surface area contributed by atoms with E-state index in [0.29, 0.717) is 25.9 Å². The SMILES string of the molecule is Cc1cc(CC(O)CCN(Cc2ccccc2)C(=O)OC(C)(C)C)ccc1Cl. The molecular formula is C23H30ClNO3. The highest BCUT2D eigenvalue weighted by Crippen LogP contribution is 2.18. The second-order valence-electron chi connectivity index (χ2n) is 8.12. The zero-order chi connectivity index (χ0) is 20.7. The Labute approximate surface area is 173 Å². The largest absolute Gasteiger partial charge is 0.444 e. The number of ether oxygens (including phenoxy) is 1. The molecule has 152 valence electrons. The Bertz CT molecular complexity index is 771. The Morgan fingerprint density at radius 1 is 1.14 bits per heavy atom. The van der Waals surface area contributed by atoms with Gasteiger partial charge in [0.15, 0.2) is 0 Å². The van der Waals surface area contributed by atoms with Crippen LogP contribution in [-0.4, -0.2) is 34.3 Å². The van der Waals surface area contributed by atoms with Crippen LogP contribution >= 0.6 is 11.6 Å². The summed E-state index contributed by atoms with van der Waals surface area (Å²) in [5.74, 6) is 0. The average Bonchev–Trinajstić information content (AvgIpc) is 2.61. The summed E-state index contributed by atoms with van der Waals surface area (Å²) < 4.78 is 5.54. The van der Waals surface area contributed by atoms with E-state index < -0.39 is 11.7 Å². The van der Waals surface area contributed by atoms with Crippen molar-refractivity contribution in [3.8, 4) is 0 Å². The van der Waals surface area contributed by atoms with E-state index in [-0.39, 0.29) is 6.09 Å². The Morgan fingerprint density at radius 2 is 1.82 bits per heavy atom. The van der Waals surface area contributed by atoms with E-state index in [4.69, 9.17) is 16.3 Å². The minimum absolute atomic E-state index is 0.370. The van der Waals surface area contributed by atoms with Gasteiger partial charge in [-0.25, -0.2) is 4.79 Å². The lowest BCUT2D eigenvalue weighted by atomic mass is 10.0. The van der Waals surface area contributed by atoms with Crippen molar-refractivity contribution < 1.29 is 14.6 Å². The first-order chi connectivity index (χ1) is 13.1. The molecule has 0 aromatic heterocycles. The van der Waals surface area contributed by atoms with Gasteiger partial charge in [-0.3, -0.25) is 0 Å². The predicted octanol–water partition coefficient (Wildman–Crippen LogP) is 5.38. The number of aryl methyl sites for hydroxylation is 1. The van der Waals surface area contributed by atoms with Gasteiger partial charge in [0.2, 0.25) is 0 Å². The van der Waals surface area contributed by atoms with Gasteiger partial charge in [0.05, 0.1) is 6.10 Å². The molecule has 0 radical (unpaired) electrons. The third-order valence-electron chi connectivity index (χ3n) is 4.29. The van der Waals surface area contributed by atoms with E-state index >= 15 is 0 Å². The van der Waals surface area contributed by atoms with Crippen LogP contribution in [0.3, 0.4) is 0 Å². The fourth-order valence-corrected chi connectivity index (χ4v) is 3.00. The van der Waals surface area contributed by atoms with Crippen LogP contribution in [0.4, 0.5) is 4.79 Å². The Kier molecular flexibility index (Phi) is 7.90. The number of amides is 1. The van der Waals surface area contributed by atoms with Crippen LogP contribution in [0.15, 0.2) is 48.5 Å². The van der Waals surface area contributed by atoms with Gasteiger partial charge < -0.3 is 14.7 Å². The molecule has 0 bridgehead atoms. The molecule has 0 saturated heterocycles. The zero-order valence-electron chi connectivity index (χ0n) is 17.1. The van der Waals surface area contributed by atoms with Crippen molar-refractivity contribution in [3.63, 3.8) is 0 Å². The molecule has 4 nitrogen and oxygen atoms in total. The molecule has 28 heavy (non-hydrogen) atoms. The maximum Gasteiger partial charge on any atom is 0.410 e. The van der Waals surface area contributed by atoms with Crippen LogP contribution in [0.25, 0.3) is 0 Å². The number of hydrogen-bond acceptors (Lipinski definition) is 3. The van der Waals surface area contributed by atoms with Crippen LogP contribution < -0.4 is 0 Å². The van der Waals surface area contributed by atoms with Crippen molar-refractivity contribution in [2.45, 2.75) is 58.8 Å². The van der Waals surface area contributed by atoms with Gasteiger partial charge >= 0.3 is 6.09 Å². The van der Waals surface area contributed by atoms with Crippen molar-refractivity contribution in [3.05, 3.63) is 70.2 Å². The molecule has 1 atom stereocenters. The number of halogens is 1. The number of carbonyl (C=O) groups is 1. The predicted molar refractivity (Wildman–Crippen MR) is 114 cm³/mol. The lowest BCUT2D eigenvalue weighted by Gasteiger charge is -2.28. The number of hydrogen-bond donors (Lipinski definition) is 1. The Morgan fingerprint density at radius 3 is 2.43 bits per heavy atom. The van der Waals surface area contributed by atoms with Crippen LogP contribution in [0.1, 0.15) is 43.9 Å². The standard InChI is InChI=1S/C23H30ClNO3/c1-17-14-19(10-11-21(17)24)15-20(26)12-13-25(22(27)28-23(2,3)4)16-18-8-6-5-7-9-18/h5-11,14,20,26H,12-13,15-16H2,1-4H3. The number of rotatable bonds is 7. The summed E-state index contributed by atoms with van der Waals surface area (Å²) in [6.07, 6.45) is 0.0615. The third kappa shape index (κ3) is 7.53. The van der Waals surface area contributed by atoms with Gasteiger partial charge in [0.25, 0.3) is 0 Å². The lowest BCUT2D eigenvalue weighted by Crippen LogP contribution is -2.38. The molecule has 2 aromatic carbocycles. The summed E-state index contributed by atoms with van der Waals surface area (Å²) in [6.45, 7) is 8.36. The van der Waals surface area contributed by atoms with E-state index in [2.05, 4.69) is 0 Å². The van der Waals surface area contributed by atoms with E-state index in [1.165, 1.54) is 0 Å². The molecule has 0 fully saturated rings. The quantitative estimate of drug-likeness (QED) is 0.675. The topological polar surface area (TPSA) is 49.8 Å². The van der Waals surface area contributed by atoms with Crippen molar-refractivity contribution in [1.82, 2.24) is 4.90 Å². The summed E-state index contributed by atoms with van der Waals surface area (Å²) >= 11 is 6.06. The monoisotopic (exact) mass is 403 g/mol. The first-order valence-corrected chi connectivity index (χ1v) is 9.97. The van der Waals surface area contributed by atoms with Gasteiger partial charge in [-0.2, -0.15) is 0 Å². The number of benzene rings is 2. The van der Waals surface area contributed by atoms with E-state index in [1.807, 2.05) is 76.2 Å². The molecule has 5 heteroatoms. The third-order valence-corrected chi connectivity index (χ3v) is 4.72. The van der Waals surface area contributed by atoms with Crippen molar-refractivity contribution in [1.29, 1.82) is 0 Å². The second-order valence-corrected chi connectivity index (χ2v) is 8.52. The first kappa shape index (κ1) is 22.3. The molecule has 0 aliphatic carbocycles. The minimum Gasteiger partial charge on any atom is -0.444 e. The highest BCUT2D eigenvalue weighted by atomic mass is 35.5. The van der Waals surface area contributed by atoms with Gasteiger partial charge in [0, 0.05) is 18.1 Å². The van der Waals surface area contributed by atoms with Gasteiger partial charge in [-0.1, -0.05) is 54.1 Å². The first-order valence-electron chi connectivity index (χ1n) is 9.59. The maximum atomic E-state index is 12.6. The minimum atomic E-state index is -0.564. The van der Waals surface area contributed by atoms with Gasteiger partial charge in [-0.15, -0.1) is 0 Å². The molecule has 2 rings (SSSR count). The molecule has 0 aliphatic heterocycles. The molecule has 0 heterocycles. The normalized spacial score (nSPS) is 12.5. The lowest BCUT2D eigenvalue weighted by molar-refractivity contribution is 0.0204. The Balaban J connectivity index is 2.00. The molecule has 0 saturated carbocycles. The summed E-state index contributed by atoms with van der Waals surface area (Å²) in [4.78, 5) is 14.3. The summed E-state index contributed by atoms with van der Waals surface area (Å²) in [5, 5.41) is 11.2. The van der Waals surface area contributed by atoms with E-state index in [9.17, 15) is 9.90 Å². The zero-order valence-corrected chi connectivity index (χ0v) is 17.9. The highest BCUT2D eigenvalue weighted by molar-refractivity contribution is 6.31. The second kappa shape index (κ2) is 9.94. The Hall–Kier alpha value is -2.04. The number of aliphatic hydroxyl groups excluding tert-OH is 1. The molecule has 0 spiro atoms. The molecule has 1 N–H and O–H groups in total. The summed E-state index contributed by atoms with van der Waals surface area (Å²) in [5.41, 5.74) is 2.48. The van der Waals surface area contributed by atoms with Crippen LogP contribution in [-0.2, 0) is 17.7 Å². The summed E-state index contributed by atoms with van der Waals surface area (Å²) in [7, 11) is 0. The summed E-state index contributed by atoms with van der Waals surface area (Å²) in [6, 6.07) is 15.5. The smallest absolute Gasteiger partial charge is 0.410 e. The molecule has 1 amide bonds. The number of aliphatic hydroxyl groups is 1. The highest BCUT2D eigenvalue weighted by Gasteiger charge is 2.23. The fourth-order valence-electron chi connectivity index (χ4n) is 2.88. The molecular weight excluding hydrogens is 374 g/mol. The molecule has 1 unspecified atom stereocenters. The average molecular weight is 404 g/mol. The fraction of sp³-hybridized carbons (Fsp3) is 0.435. The number of carbonyl (C=O) groups excluding carboxylic acids is 1. The van der Waals surface area contributed by atoms with Crippen LogP contribution in [0.5, 0.6) is 0 Å². The van der Waals surface area contributed by atoms with Crippen molar-refractivity contribution >= 4 is 17.7 Å².